The molecule has 1 rings (SSSR count). The fourth-order valence-electron chi connectivity index (χ4n) is 1.06. The lowest BCUT2D eigenvalue weighted by Gasteiger charge is -2.12. The molecule has 0 aromatic heterocycles. The highest BCUT2D eigenvalue weighted by Gasteiger charge is 2.15. The topological polar surface area (TPSA) is 55.1 Å². The lowest BCUT2D eigenvalue weighted by Crippen LogP contribution is -2.38. The van der Waals surface area contributed by atoms with Crippen molar-refractivity contribution in [3.8, 4) is 0 Å². The van der Waals surface area contributed by atoms with E-state index in [2.05, 4.69) is 5.32 Å². The van der Waals surface area contributed by atoms with Crippen molar-refractivity contribution in [3.63, 3.8) is 0 Å². The normalized spacial score (nSPS) is 12.3. The Hall–Kier alpha value is -0.760. The van der Waals surface area contributed by atoms with Crippen LogP contribution in [0.15, 0.2) is 12.1 Å². The summed E-state index contributed by atoms with van der Waals surface area (Å²) in [4.78, 5) is 11.6. The number of halogens is 3. The van der Waals surface area contributed by atoms with Crippen LogP contribution in [0.5, 0.6) is 0 Å². The number of benzene rings is 1. The second-order valence-corrected chi connectivity index (χ2v) is 4.52. The highest BCUT2D eigenvalue weighted by molar-refractivity contribution is 14.1. The van der Waals surface area contributed by atoms with Gasteiger partial charge in [0.05, 0.1) is 5.56 Å². The van der Waals surface area contributed by atoms with E-state index < -0.39 is 17.5 Å². The predicted molar refractivity (Wildman–Crippen MR) is 65.1 cm³/mol. The molecule has 0 aliphatic rings. The standard InChI is InChI=1S/C10H11F2IN2O/c1-5(4-14)15-10(16)6-2-7(11)8(12)3-9(6)13/h2-3,5H,4,14H2,1H3,(H,15,16)/t5-/m0/s1. The monoisotopic (exact) mass is 340 g/mol. The Kier molecular flexibility index (Phi) is 4.60. The van der Waals surface area contributed by atoms with Gasteiger partial charge in [-0.3, -0.25) is 4.79 Å². The summed E-state index contributed by atoms with van der Waals surface area (Å²) in [5.74, 6) is -2.46. The van der Waals surface area contributed by atoms with Gasteiger partial charge in [0.25, 0.3) is 5.91 Å². The molecule has 0 fully saturated rings. The van der Waals surface area contributed by atoms with Crippen molar-refractivity contribution in [2.24, 2.45) is 5.73 Å². The molecule has 16 heavy (non-hydrogen) atoms. The van der Waals surface area contributed by atoms with Crippen molar-refractivity contribution in [1.29, 1.82) is 0 Å². The van der Waals surface area contributed by atoms with Crippen LogP contribution < -0.4 is 11.1 Å². The van der Waals surface area contributed by atoms with Gasteiger partial charge in [0.2, 0.25) is 0 Å². The van der Waals surface area contributed by atoms with E-state index >= 15 is 0 Å². The summed E-state index contributed by atoms with van der Waals surface area (Å²) in [5, 5.41) is 2.58. The van der Waals surface area contributed by atoms with E-state index in [-0.39, 0.29) is 18.2 Å². The Morgan fingerprint density at radius 1 is 1.50 bits per heavy atom. The Balaban J connectivity index is 2.96. The van der Waals surface area contributed by atoms with Crippen LogP contribution in [0.25, 0.3) is 0 Å². The third-order valence-electron chi connectivity index (χ3n) is 1.99. The second-order valence-electron chi connectivity index (χ2n) is 3.36. The fraction of sp³-hybridized carbons (Fsp3) is 0.300. The van der Waals surface area contributed by atoms with Gasteiger partial charge in [-0.25, -0.2) is 8.78 Å². The summed E-state index contributed by atoms with van der Waals surface area (Å²) < 4.78 is 26.1. The molecule has 1 atom stereocenters. The number of carbonyl (C=O) groups is 1. The number of hydrogen-bond donors (Lipinski definition) is 2. The first-order valence-electron chi connectivity index (χ1n) is 4.61. The van der Waals surface area contributed by atoms with E-state index in [1.54, 1.807) is 29.5 Å². The van der Waals surface area contributed by atoms with Crippen LogP contribution in [0.4, 0.5) is 8.78 Å². The zero-order chi connectivity index (χ0) is 12.3. The van der Waals surface area contributed by atoms with Crippen LogP contribution >= 0.6 is 22.6 Å². The number of amides is 1. The molecule has 1 amide bonds. The Labute approximate surface area is 106 Å². The van der Waals surface area contributed by atoms with Crippen molar-refractivity contribution in [2.75, 3.05) is 6.54 Å². The molecule has 1 aromatic carbocycles. The molecule has 0 saturated carbocycles. The fourth-order valence-corrected chi connectivity index (χ4v) is 1.73. The Morgan fingerprint density at radius 3 is 2.62 bits per heavy atom. The Morgan fingerprint density at radius 2 is 2.06 bits per heavy atom. The van der Waals surface area contributed by atoms with E-state index in [9.17, 15) is 13.6 Å². The third-order valence-corrected chi connectivity index (χ3v) is 2.88. The molecule has 0 aliphatic heterocycles. The number of nitrogens with two attached hydrogens (primary N) is 1. The molecule has 0 spiro atoms. The van der Waals surface area contributed by atoms with Crippen LogP contribution in [0.3, 0.4) is 0 Å². The van der Waals surface area contributed by atoms with Crippen LogP contribution in [0, 0.1) is 15.2 Å². The first-order valence-corrected chi connectivity index (χ1v) is 5.69. The van der Waals surface area contributed by atoms with Gasteiger partial charge in [-0.05, 0) is 41.6 Å². The summed E-state index contributed by atoms with van der Waals surface area (Å²) in [7, 11) is 0. The van der Waals surface area contributed by atoms with Gasteiger partial charge in [0.1, 0.15) is 0 Å². The summed E-state index contributed by atoms with van der Waals surface area (Å²) in [6.07, 6.45) is 0. The van der Waals surface area contributed by atoms with Gasteiger partial charge in [-0.2, -0.15) is 0 Å². The molecule has 0 radical (unpaired) electrons. The van der Waals surface area contributed by atoms with E-state index in [0.29, 0.717) is 3.57 Å². The van der Waals surface area contributed by atoms with Crippen molar-refractivity contribution in [2.45, 2.75) is 13.0 Å². The van der Waals surface area contributed by atoms with Crippen LogP contribution in [0.1, 0.15) is 17.3 Å². The lowest BCUT2D eigenvalue weighted by molar-refractivity contribution is 0.0940. The van der Waals surface area contributed by atoms with Gasteiger partial charge < -0.3 is 11.1 Å². The maximum atomic E-state index is 13.0. The van der Waals surface area contributed by atoms with Gasteiger partial charge in [-0.15, -0.1) is 0 Å². The van der Waals surface area contributed by atoms with Gasteiger partial charge >= 0.3 is 0 Å². The molecule has 0 aliphatic carbocycles. The average Bonchev–Trinajstić information content (AvgIpc) is 2.23. The maximum absolute atomic E-state index is 13.0. The zero-order valence-corrected chi connectivity index (χ0v) is 10.7. The maximum Gasteiger partial charge on any atom is 0.252 e. The molecule has 3 N–H and O–H groups in total. The minimum absolute atomic E-state index is 0.111. The van der Waals surface area contributed by atoms with E-state index in [0.717, 1.165) is 12.1 Å². The van der Waals surface area contributed by atoms with Crippen LogP contribution in [-0.4, -0.2) is 18.5 Å². The number of nitrogens with one attached hydrogen (secondary N) is 1. The molecule has 0 bridgehead atoms. The van der Waals surface area contributed by atoms with Gasteiger partial charge in [0, 0.05) is 16.2 Å². The molecule has 6 heteroatoms. The van der Waals surface area contributed by atoms with Gasteiger partial charge in [-0.1, -0.05) is 0 Å². The average molecular weight is 340 g/mol. The first kappa shape index (κ1) is 13.3. The number of hydrogen-bond acceptors (Lipinski definition) is 2. The second kappa shape index (κ2) is 5.53. The zero-order valence-electron chi connectivity index (χ0n) is 8.56. The highest BCUT2D eigenvalue weighted by atomic mass is 127. The predicted octanol–water partition coefficient (Wildman–Crippen LogP) is 1.65. The molecule has 1 aromatic rings. The molecular formula is C10H11F2IN2O. The molecule has 0 heterocycles. The minimum atomic E-state index is -1.04. The van der Waals surface area contributed by atoms with Crippen molar-refractivity contribution in [3.05, 3.63) is 32.9 Å². The summed E-state index contributed by atoms with van der Waals surface area (Å²) in [5.41, 5.74) is 5.45. The molecule has 0 unspecified atom stereocenters. The van der Waals surface area contributed by atoms with Crippen molar-refractivity contribution >= 4 is 28.5 Å². The van der Waals surface area contributed by atoms with Crippen LogP contribution in [0.2, 0.25) is 0 Å². The smallest absolute Gasteiger partial charge is 0.252 e. The molecule has 0 saturated heterocycles. The van der Waals surface area contributed by atoms with Gasteiger partial charge in [0.15, 0.2) is 11.6 Å². The van der Waals surface area contributed by atoms with E-state index in [1.807, 2.05) is 0 Å². The summed E-state index contributed by atoms with van der Waals surface area (Å²) >= 11 is 1.78. The van der Waals surface area contributed by atoms with Crippen molar-refractivity contribution < 1.29 is 13.6 Å². The lowest BCUT2D eigenvalue weighted by atomic mass is 10.2. The first-order chi connectivity index (χ1) is 7.45. The van der Waals surface area contributed by atoms with E-state index in [4.69, 9.17) is 5.73 Å². The van der Waals surface area contributed by atoms with E-state index in [1.165, 1.54) is 0 Å². The molecular weight excluding hydrogens is 329 g/mol. The minimum Gasteiger partial charge on any atom is -0.348 e. The summed E-state index contributed by atoms with van der Waals surface area (Å²) in [6, 6.07) is 1.66. The van der Waals surface area contributed by atoms with Crippen molar-refractivity contribution in [1.82, 2.24) is 5.32 Å². The number of carbonyl (C=O) groups excluding carboxylic acids is 1. The van der Waals surface area contributed by atoms with Crippen LogP contribution in [-0.2, 0) is 0 Å². The SMILES string of the molecule is C[C@@H](CN)NC(=O)c1cc(F)c(F)cc1I. The highest BCUT2D eigenvalue weighted by Crippen LogP contribution is 2.17. The molecule has 88 valence electrons. The molecule has 3 nitrogen and oxygen atoms in total. The Bertz CT molecular complexity index is 412. The third kappa shape index (κ3) is 3.11. The largest absolute Gasteiger partial charge is 0.348 e. The number of rotatable bonds is 3. The summed E-state index contributed by atoms with van der Waals surface area (Å²) in [6.45, 7) is 2.01. The quantitative estimate of drug-likeness (QED) is 0.649.